The van der Waals surface area contributed by atoms with Gasteiger partial charge in [-0.1, -0.05) is 34.8 Å². The van der Waals surface area contributed by atoms with E-state index in [1.807, 2.05) is 6.07 Å². The van der Waals surface area contributed by atoms with Gasteiger partial charge in [-0.05, 0) is 12.1 Å². The average molecular weight is 330 g/mol. The molecule has 102 valence electrons. The van der Waals surface area contributed by atoms with Crippen LogP contribution in [0.4, 0.5) is 5.82 Å². The first kappa shape index (κ1) is 14.7. The lowest BCUT2D eigenvalue weighted by Gasteiger charge is -2.05. The summed E-state index contributed by atoms with van der Waals surface area (Å²) in [6.07, 6.45) is 0. The number of carbonyl (C=O) groups is 1. The summed E-state index contributed by atoms with van der Waals surface area (Å²) in [5.41, 5.74) is 0.908. The van der Waals surface area contributed by atoms with Crippen molar-refractivity contribution in [2.45, 2.75) is 6.92 Å². The molecule has 0 fully saturated rings. The van der Waals surface area contributed by atoms with Crippen LogP contribution in [0.5, 0.6) is 0 Å². The van der Waals surface area contributed by atoms with Crippen molar-refractivity contribution >= 4 is 46.5 Å². The Hall–Kier alpha value is -1.74. The first-order valence-corrected chi connectivity index (χ1v) is 6.49. The molecule has 5 nitrogen and oxygen atoms in total. The lowest BCUT2D eigenvalue weighted by molar-refractivity contribution is -0.114. The molecule has 0 aliphatic heterocycles. The number of aromatic nitrogens is 2. The van der Waals surface area contributed by atoms with Crippen LogP contribution in [0.25, 0.3) is 11.3 Å². The van der Waals surface area contributed by atoms with Gasteiger partial charge in [-0.3, -0.25) is 9.89 Å². The highest BCUT2D eigenvalue weighted by Gasteiger charge is 2.19. The number of amides is 1. The fraction of sp³-hybridized carbons (Fsp3) is 0.0833. The largest absolute Gasteiger partial charge is 0.310 e. The number of anilines is 1. The number of nitriles is 1. The zero-order valence-electron chi connectivity index (χ0n) is 10.1. The van der Waals surface area contributed by atoms with Gasteiger partial charge in [0.05, 0.1) is 15.1 Å². The number of hydrogen-bond acceptors (Lipinski definition) is 3. The van der Waals surface area contributed by atoms with Gasteiger partial charge in [0.2, 0.25) is 5.91 Å². The normalized spacial score (nSPS) is 10.2. The molecule has 0 bridgehead atoms. The summed E-state index contributed by atoms with van der Waals surface area (Å²) in [6.45, 7) is 1.33. The predicted molar refractivity (Wildman–Crippen MR) is 78.1 cm³/mol. The molecular weight excluding hydrogens is 323 g/mol. The van der Waals surface area contributed by atoms with Crippen molar-refractivity contribution in [1.82, 2.24) is 10.2 Å². The summed E-state index contributed by atoms with van der Waals surface area (Å²) in [4.78, 5) is 11.1. The van der Waals surface area contributed by atoms with Crippen LogP contribution >= 0.6 is 34.8 Å². The number of nitrogens with one attached hydrogen (secondary N) is 2. The molecule has 1 aromatic carbocycles. The van der Waals surface area contributed by atoms with E-state index in [2.05, 4.69) is 15.5 Å². The van der Waals surface area contributed by atoms with Crippen molar-refractivity contribution in [3.05, 3.63) is 32.8 Å². The molecule has 20 heavy (non-hydrogen) atoms. The maximum atomic E-state index is 11.1. The standard InChI is InChI=1S/C12H7Cl3N4O/c1-5(20)17-12-7(4-16)11(18-19-12)6-2-3-8(13)10(15)9(6)14/h2-3H,1H3,(H2,17,18,19,20). The van der Waals surface area contributed by atoms with E-state index in [1.54, 1.807) is 12.1 Å². The molecule has 0 aliphatic rings. The highest BCUT2D eigenvalue weighted by molar-refractivity contribution is 6.49. The predicted octanol–water partition coefficient (Wildman–Crippen LogP) is 3.87. The number of nitrogens with zero attached hydrogens (tertiary/aromatic N) is 2. The molecule has 0 aliphatic carbocycles. The minimum Gasteiger partial charge on any atom is -0.310 e. The van der Waals surface area contributed by atoms with Crippen LogP contribution in [0, 0.1) is 11.3 Å². The Kier molecular flexibility index (Phi) is 4.19. The fourth-order valence-electron chi connectivity index (χ4n) is 1.62. The maximum absolute atomic E-state index is 11.1. The molecule has 2 rings (SSSR count). The Morgan fingerprint density at radius 2 is 2.05 bits per heavy atom. The zero-order chi connectivity index (χ0) is 14.9. The van der Waals surface area contributed by atoms with Crippen LogP contribution in [0.15, 0.2) is 12.1 Å². The smallest absolute Gasteiger partial charge is 0.222 e. The fourth-order valence-corrected chi connectivity index (χ4v) is 2.25. The second kappa shape index (κ2) is 5.71. The number of H-pyrrole nitrogens is 1. The summed E-state index contributed by atoms with van der Waals surface area (Å²) in [5.74, 6) is -0.117. The van der Waals surface area contributed by atoms with E-state index >= 15 is 0 Å². The van der Waals surface area contributed by atoms with E-state index in [-0.39, 0.29) is 27.3 Å². The van der Waals surface area contributed by atoms with Crippen molar-refractivity contribution in [2.24, 2.45) is 0 Å². The van der Waals surface area contributed by atoms with Crippen molar-refractivity contribution in [2.75, 3.05) is 5.32 Å². The molecule has 0 saturated heterocycles. The molecular formula is C12H7Cl3N4O. The highest BCUT2D eigenvalue weighted by Crippen LogP contribution is 2.39. The SMILES string of the molecule is CC(=O)Nc1[nH]nc(-c2ccc(Cl)c(Cl)c2Cl)c1C#N. The molecule has 0 saturated carbocycles. The number of halogens is 3. The average Bonchev–Trinajstić information content (AvgIpc) is 2.78. The van der Waals surface area contributed by atoms with Crippen molar-refractivity contribution in [1.29, 1.82) is 5.26 Å². The summed E-state index contributed by atoms with van der Waals surface area (Å²) in [7, 11) is 0. The molecule has 1 heterocycles. The third-order valence-electron chi connectivity index (χ3n) is 2.47. The minimum atomic E-state index is -0.322. The van der Waals surface area contributed by atoms with Crippen molar-refractivity contribution < 1.29 is 4.79 Å². The van der Waals surface area contributed by atoms with Crippen LogP contribution in [0.3, 0.4) is 0 Å². The summed E-state index contributed by atoms with van der Waals surface area (Å²) in [5, 5.41) is 18.9. The first-order valence-electron chi connectivity index (χ1n) is 5.35. The number of benzene rings is 1. The van der Waals surface area contributed by atoms with Gasteiger partial charge < -0.3 is 5.32 Å². The second-order valence-corrected chi connectivity index (χ2v) is 5.00. The van der Waals surface area contributed by atoms with E-state index in [1.165, 1.54) is 6.92 Å². The van der Waals surface area contributed by atoms with Crippen LogP contribution < -0.4 is 5.32 Å². The van der Waals surface area contributed by atoms with E-state index in [4.69, 9.17) is 34.8 Å². The van der Waals surface area contributed by atoms with Gasteiger partial charge in [0.15, 0.2) is 0 Å². The number of hydrogen-bond donors (Lipinski definition) is 2. The molecule has 2 N–H and O–H groups in total. The number of aromatic amines is 1. The number of rotatable bonds is 2. The topological polar surface area (TPSA) is 81.6 Å². The second-order valence-electron chi connectivity index (χ2n) is 3.84. The molecule has 0 atom stereocenters. The van der Waals surface area contributed by atoms with Gasteiger partial charge >= 0.3 is 0 Å². The summed E-state index contributed by atoms with van der Waals surface area (Å²) < 4.78 is 0. The third kappa shape index (κ3) is 2.59. The Bertz CT molecular complexity index is 733. The van der Waals surface area contributed by atoms with Gasteiger partial charge in [0, 0.05) is 12.5 Å². The molecule has 0 unspecified atom stereocenters. The summed E-state index contributed by atoms with van der Waals surface area (Å²) >= 11 is 17.9. The van der Waals surface area contributed by atoms with Crippen molar-refractivity contribution in [3.8, 4) is 17.3 Å². The zero-order valence-corrected chi connectivity index (χ0v) is 12.4. The first-order chi connectivity index (χ1) is 9.45. The molecule has 8 heteroatoms. The number of carbonyl (C=O) groups excluding carboxylic acids is 1. The van der Waals surface area contributed by atoms with E-state index in [9.17, 15) is 10.1 Å². The Balaban J connectivity index is 2.60. The highest BCUT2D eigenvalue weighted by atomic mass is 35.5. The minimum absolute atomic E-state index is 0.167. The molecule has 1 amide bonds. The van der Waals surface area contributed by atoms with E-state index in [0.29, 0.717) is 16.3 Å². The summed E-state index contributed by atoms with van der Waals surface area (Å²) in [6, 6.07) is 5.12. The Morgan fingerprint density at radius 3 is 2.65 bits per heavy atom. The molecule has 0 spiro atoms. The monoisotopic (exact) mass is 328 g/mol. The molecule has 2 aromatic rings. The van der Waals surface area contributed by atoms with E-state index in [0.717, 1.165) is 0 Å². The van der Waals surface area contributed by atoms with Gasteiger partial charge in [-0.2, -0.15) is 10.4 Å². The molecule has 0 radical (unpaired) electrons. The van der Waals surface area contributed by atoms with Crippen LogP contribution in [-0.2, 0) is 4.79 Å². The quantitative estimate of drug-likeness (QED) is 0.821. The van der Waals surface area contributed by atoms with Gasteiger partial charge in [0.25, 0.3) is 0 Å². The maximum Gasteiger partial charge on any atom is 0.222 e. The van der Waals surface area contributed by atoms with Gasteiger partial charge in [-0.25, -0.2) is 0 Å². The van der Waals surface area contributed by atoms with Crippen molar-refractivity contribution in [3.63, 3.8) is 0 Å². The van der Waals surface area contributed by atoms with Gasteiger partial charge in [0.1, 0.15) is 23.1 Å². The van der Waals surface area contributed by atoms with Crippen LogP contribution in [0.1, 0.15) is 12.5 Å². The van der Waals surface area contributed by atoms with E-state index < -0.39 is 0 Å². The van der Waals surface area contributed by atoms with Crippen LogP contribution in [-0.4, -0.2) is 16.1 Å². The van der Waals surface area contributed by atoms with Crippen LogP contribution in [0.2, 0.25) is 15.1 Å². The molecule has 1 aromatic heterocycles. The Labute approximate surface area is 129 Å². The lowest BCUT2D eigenvalue weighted by atomic mass is 10.1. The lowest BCUT2D eigenvalue weighted by Crippen LogP contribution is -2.07. The van der Waals surface area contributed by atoms with Gasteiger partial charge in [-0.15, -0.1) is 0 Å². The third-order valence-corrected chi connectivity index (χ3v) is 3.76. The Morgan fingerprint density at radius 1 is 1.35 bits per heavy atom.